The van der Waals surface area contributed by atoms with Crippen molar-refractivity contribution in [1.82, 2.24) is 9.47 Å². The maximum absolute atomic E-state index is 13.5. The first-order valence-electron chi connectivity index (χ1n) is 9.78. The minimum Gasteiger partial charge on any atom is -0.460 e. The summed E-state index contributed by atoms with van der Waals surface area (Å²) < 4.78 is 7.87. The smallest absolute Gasteiger partial charge is 0.270 e. The van der Waals surface area contributed by atoms with Gasteiger partial charge in [0.25, 0.3) is 5.91 Å². The Kier molecular flexibility index (Phi) is 4.44. The number of benzene rings is 2. The summed E-state index contributed by atoms with van der Waals surface area (Å²) in [7, 11) is 0. The number of aromatic nitrogens is 1. The minimum absolute atomic E-state index is 0.0329. The van der Waals surface area contributed by atoms with E-state index in [4.69, 9.17) is 16.0 Å². The summed E-state index contributed by atoms with van der Waals surface area (Å²) in [5, 5.41) is 0.690. The van der Waals surface area contributed by atoms with Gasteiger partial charge in [0.2, 0.25) is 0 Å². The van der Waals surface area contributed by atoms with Crippen molar-refractivity contribution in [3.63, 3.8) is 0 Å². The van der Waals surface area contributed by atoms with Crippen molar-refractivity contribution >= 4 is 28.6 Å². The van der Waals surface area contributed by atoms with Crippen LogP contribution in [-0.4, -0.2) is 21.9 Å². The van der Waals surface area contributed by atoms with Crippen LogP contribution >= 0.6 is 11.6 Å². The standard InChI is InChI=1S/C24H21ClN2O2/c1-16-11-21-23(29-16)13-22(27(21)14-17-5-4-8-20(25)12-17)24(28)26-10-9-18-6-2-3-7-19(18)15-26/h2-8,11-13H,9-10,14-15H2,1H3. The molecule has 1 amide bonds. The highest BCUT2D eigenvalue weighted by atomic mass is 35.5. The summed E-state index contributed by atoms with van der Waals surface area (Å²) in [6.07, 6.45) is 0.881. The molecule has 1 aliphatic rings. The molecule has 5 rings (SSSR count). The Morgan fingerprint density at radius 2 is 1.90 bits per heavy atom. The summed E-state index contributed by atoms with van der Waals surface area (Å²) in [5.74, 6) is 0.867. The van der Waals surface area contributed by atoms with Crippen LogP contribution in [0.1, 0.15) is 32.9 Å². The molecule has 0 aliphatic carbocycles. The maximum atomic E-state index is 13.5. The fourth-order valence-electron chi connectivity index (χ4n) is 4.16. The van der Waals surface area contributed by atoms with Crippen molar-refractivity contribution in [2.24, 2.45) is 0 Å². The van der Waals surface area contributed by atoms with Gasteiger partial charge in [-0.15, -0.1) is 0 Å². The zero-order chi connectivity index (χ0) is 20.0. The quantitative estimate of drug-likeness (QED) is 0.455. The largest absolute Gasteiger partial charge is 0.460 e. The molecule has 3 heterocycles. The number of aryl methyl sites for hydroxylation is 1. The molecule has 0 bridgehead atoms. The monoisotopic (exact) mass is 404 g/mol. The zero-order valence-corrected chi connectivity index (χ0v) is 16.9. The van der Waals surface area contributed by atoms with E-state index in [9.17, 15) is 4.79 Å². The van der Waals surface area contributed by atoms with Crippen molar-refractivity contribution in [3.05, 3.63) is 93.8 Å². The molecule has 0 saturated carbocycles. The minimum atomic E-state index is 0.0329. The van der Waals surface area contributed by atoms with Crippen molar-refractivity contribution < 1.29 is 9.21 Å². The molecule has 4 aromatic rings. The molecule has 0 N–H and O–H groups in total. The number of nitrogens with zero attached hydrogens (tertiary/aromatic N) is 2. The van der Waals surface area contributed by atoms with Gasteiger partial charge in [0.05, 0.1) is 5.52 Å². The molecule has 29 heavy (non-hydrogen) atoms. The second-order valence-corrected chi connectivity index (χ2v) is 8.03. The van der Waals surface area contributed by atoms with Crippen molar-refractivity contribution in [2.45, 2.75) is 26.4 Å². The summed E-state index contributed by atoms with van der Waals surface area (Å²) in [4.78, 5) is 15.4. The van der Waals surface area contributed by atoms with Crippen LogP contribution in [0.15, 0.2) is 65.1 Å². The number of rotatable bonds is 3. The van der Waals surface area contributed by atoms with Gasteiger partial charge in [-0.3, -0.25) is 4.79 Å². The van der Waals surface area contributed by atoms with E-state index >= 15 is 0 Å². The Morgan fingerprint density at radius 3 is 2.72 bits per heavy atom. The van der Waals surface area contributed by atoms with Gasteiger partial charge in [0.15, 0.2) is 5.58 Å². The van der Waals surface area contributed by atoms with Gasteiger partial charge in [0, 0.05) is 36.8 Å². The Morgan fingerprint density at radius 1 is 1.07 bits per heavy atom. The summed E-state index contributed by atoms with van der Waals surface area (Å²) in [6.45, 7) is 3.84. The second-order valence-electron chi connectivity index (χ2n) is 7.60. The molecule has 2 aromatic carbocycles. The fourth-order valence-corrected chi connectivity index (χ4v) is 4.37. The second kappa shape index (κ2) is 7.12. The zero-order valence-electron chi connectivity index (χ0n) is 16.2. The third-order valence-corrected chi connectivity index (χ3v) is 5.81. The van der Waals surface area contributed by atoms with Crippen LogP contribution in [0.4, 0.5) is 0 Å². The number of furan rings is 1. The molecule has 2 aromatic heterocycles. The Bertz CT molecular complexity index is 1220. The Hall–Kier alpha value is -2.98. The molecule has 0 radical (unpaired) electrons. The number of fused-ring (bicyclic) bond motifs is 2. The summed E-state index contributed by atoms with van der Waals surface area (Å²) >= 11 is 6.18. The average Bonchev–Trinajstić information content (AvgIpc) is 3.24. The Balaban J connectivity index is 1.52. The molecule has 146 valence electrons. The van der Waals surface area contributed by atoms with Crippen LogP contribution in [-0.2, 0) is 19.5 Å². The normalized spacial score (nSPS) is 13.7. The van der Waals surface area contributed by atoms with Crippen LogP contribution < -0.4 is 0 Å². The van der Waals surface area contributed by atoms with E-state index in [-0.39, 0.29) is 5.91 Å². The molecular weight excluding hydrogens is 384 g/mol. The first kappa shape index (κ1) is 18.1. The van der Waals surface area contributed by atoms with Gasteiger partial charge in [-0.1, -0.05) is 48.0 Å². The summed E-state index contributed by atoms with van der Waals surface area (Å²) in [6, 6.07) is 20.0. The van der Waals surface area contributed by atoms with Crippen LogP contribution in [0.3, 0.4) is 0 Å². The number of hydrogen-bond acceptors (Lipinski definition) is 2. The van der Waals surface area contributed by atoms with Gasteiger partial charge >= 0.3 is 0 Å². The third-order valence-electron chi connectivity index (χ3n) is 5.58. The molecular formula is C24H21ClN2O2. The van der Waals surface area contributed by atoms with E-state index < -0.39 is 0 Å². The van der Waals surface area contributed by atoms with E-state index in [1.807, 2.05) is 58.9 Å². The van der Waals surface area contributed by atoms with Crippen LogP contribution in [0.2, 0.25) is 5.02 Å². The van der Waals surface area contributed by atoms with Crippen LogP contribution in [0.5, 0.6) is 0 Å². The van der Waals surface area contributed by atoms with Crippen molar-refractivity contribution in [1.29, 1.82) is 0 Å². The lowest BCUT2D eigenvalue weighted by Gasteiger charge is -2.29. The highest BCUT2D eigenvalue weighted by molar-refractivity contribution is 6.30. The molecule has 0 spiro atoms. The number of hydrogen-bond donors (Lipinski definition) is 0. The molecule has 5 heteroatoms. The third kappa shape index (κ3) is 3.34. The number of halogens is 1. The van der Waals surface area contributed by atoms with E-state index in [2.05, 4.69) is 18.2 Å². The first-order valence-corrected chi connectivity index (χ1v) is 10.2. The Labute approximate surface area is 174 Å². The molecule has 0 atom stereocenters. The number of carbonyl (C=O) groups is 1. The molecule has 1 aliphatic heterocycles. The first-order chi connectivity index (χ1) is 14.1. The highest BCUT2D eigenvalue weighted by Gasteiger charge is 2.26. The molecule has 0 saturated heterocycles. The van der Waals surface area contributed by atoms with Gasteiger partial charge in [0.1, 0.15) is 11.5 Å². The SMILES string of the molecule is Cc1cc2c(cc(C(=O)N3CCc4ccccc4C3)n2Cc2cccc(Cl)c2)o1. The van der Waals surface area contributed by atoms with E-state index in [0.717, 1.165) is 35.4 Å². The number of carbonyl (C=O) groups excluding carboxylic acids is 1. The van der Waals surface area contributed by atoms with E-state index in [1.54, 1.807) is 0 Å². The predicted molar refractivity (Wildman–Crippen MR) is 114 cm³/mol. The van der Waals surface area contributed by atoms with Crippen molar-refractivity contribution in [3.8, 4) is 0 Å². The van der Waals surface area contributed by atoms with E-state index in [1.165, 1.54) is 11.1 Å². The van der Waals surface area contributed by atoms with Crippen molar-refractivity contribution in [2.75, 3.05) is 6.54 Å². The van der Waals surface area contributed by atoms with Gasteiger partial charge in [-0.25, -0.2) is 0 Å². The number of amides is 1. The lowest BCUT2D eigenvalue weighted by molar-refractivity contribution is 0.0724. The van der Waals surface area contributed by atoms with Gasteiger partial charge < -0.3 is 13.9 Å². The van der Waals surface area contributed by atoms with E-state index in [0.29, 0.717) is 23.8 Å². The molecule has 4 nitrogen and oxygen atoms in total. The topological polar surface area (TPSA) is 38.4 Å². The fraction of sp³-hybridized carbons (Fsp3) is 0.208. The highest BCUT2D eigenvalue weighted by Crippen LogP contribution is 2.28. The van der Waals surface area contributed by atoms with Crippen LogP contribution in [0, 0.1) is 6.92 Å². The predicted octanol–water partition coefficient (Wildman–Crippen LogP) is 5.44. The molecule has 0 fully saturated rings. The van der Waals surface area contributed by atoms with Gasteiger partial charge in [-0.05, 0) is 42.2 Å². The lowest BCUT2D eigenvalue weighted by Crippen LogP contribution is -2.37. The lowest BCUT2D eigenvalue weighted by atomic mass is 10.00. The van der Waals surface area contributed by atoms with Gasteiger partial charge in [-0.2, -0.15) is 0 Å². The summed E-state index contributed by atoms with van der Waals surface area (Å²) in [5.41, 5.74) is 5.92. The van der Waals surface area contributed by atoms with Crippen LogP contribution in [0.25, 0.3) is 11.1 Å². The maximum Gasteiger partial charge on any atom is 0.270 e. The molecule has 0 unspecified atom stereocenters. The average molecular weight is 405 g/mol.